The zero-order chi connectivity index (χ0) is 24.0. The number of benzene rings is 2. The number of piperidine rings is 1. The topological polar surface area (TPSA) is 131 Å². The molecule has 3 amide bonds. The molecule has 11 heteroatoms. The highest BCUT2D eigenvalue weighted by atomic mass is 35.5. The van der Waals surface area contributed by atoms with Gasteiger partial charge in [-0.15, -0.1) is 0 Å². The number of anilines is 2. The van der Waals surface area contributed by atoms with Gasteiger partial charge in [-0.3, -0.25) is 19.7 Å². The largest absolute Gasteiger partial charge is 0.452 e. The van der Waals surface area contributed by atoms with E-state index in [1.807, 2.05) is 18.2 Å². The van der Waals surface area contributed by atoms with Gasteiger partial charge in [0.25, 0.3) is 11.6 Å². The van der Waals surface area contributed by atoms with Crippen LogP contribution in [0.4, 0.5) is 21.9 Å². The highest BCUT2D eigenvalue weighted by Crippen LogP contribution is 2.27. The fraction of sp³-hybridized carbons (Fsp3) is 0.318. The van der Waals surface area contributed by atoms with E-state index in [9.17, 15) is 24.5 Å². The third-order valence-corrected chi connectivity index (χ3v) is 5.54. The minimum Gasteiger partial charge on any atom is -0.452 e. The van der Waals surface area contributed by atoms with Gasteiger partial charge in [0.05, 0.1) is 21.6 Å². The SMILES string of the molecule is CC(OC(=O)C1CCN(C(=O)Nc2ccccc2)CC1)C(=O)Nc1ccc([N+](=O)[O-])cc1Cl. The molecule has 1 atom stereocenters. The molecule has 10 nitrogen and oxygen atoms in total. The van der Waals surface area contributed by atoms with Gasteiger partial charge in [0.15, 0.2) is 6.10 Å². The Balaban J connectivity index is 1.46. The highest BCUT2D eigenvalue weighted by molar-refractivity contribution is 6.34. The van der Waals surface area contributed by atoms with Crippen molar-refractivity contribution < 1.29 is 24.0 Å². The standard InChI is InChI=1S/C22H23ClN4O6/c1-14(20(28)25-19-8-7-17(27(31)32)13-18(19)23)33-21(29)15-9-11-26(12-10-15)22(30)24-16-5-3-2-4-6-16/h2-8,13-15H,9-12H2,1H3,(H,24,30)(H,25,28). The molecule has 1 saturated heterocycles. The number of nitrogens with zero attached hydrogens (tertiary/aromatic N) is 2. The van der Waals surface area contributed by atoms with Crippen molar-refractivity contribution in [1.82, 2.24) is 4.90 Å². The lowest BCUT2D eigenvalue weighted by atomic mass is 9.97. The van der Waals surface area contributed by atoms with Crippen molar-refractivity contribution >= 4 is 46.6 Å². The average molecular weight is 475 g/mol. The normalized spacial score (nSPS) is 14.8. The number of hydrogen-bond acceptors (Lipinski definition) is 6. The van der Waals surface area contributed by atoms with Crippen LogP contribution in [0.5, 0.6) is 0 Å². The molecule has 33 heavy (non-hydrogen) atoms. The molecule has 0 bridgehead atoms. The molecule has 0 radical (unpaired) electrons. The first-order valence-electron chi connectivity index (χ1n) is 10.3. The van der Waals surface area contributed by atoms with Gasteiger partial charge in [-0.1, -0.05) is 29.8 Å². The van der Waals surface area contributed by atoms with E-state index in [1.54, 1.807) is 17.0 Å². The molecule has 2 N–H and O–H groups in total. The van der Waals surface area contributed by atoms with E-state index in [-0.39, 0.29) is 22.4 Å². The number of likely N-dealkylation sites (tertiary alicyclic amines) is 1. The summed E-state index contributed by atoms with van der Waals surface area (Å²) in [5.74, 6) is -1.56. The Labute approximate surface area is 195 Å². The fourth-order valence-corrected chi connectivity index (χ4v) is 3.54. The number of urea groups is 1. The van der Waals surface area contributed by atoms with Crippen molar-refractivity contribution in [2.45, 2.75) is 25.9 Å². The minimum atomic E-state index is -1.09. The van der Waals surface area contributed by atoms with Gasteiger partial charge >= 0.3 is 12.0 Å². The summed E-state index contributed by atoms with van der Waals surface area (Å²) in [5, 5.41) is 16.1. The molecular formula is C22H23ClN4O6. The number of non-ortho nitro benzene ring substituents is 1. The summed E-state index contributed by atoms with van der Waals surface area (Å²) >= 11 is 5.98. The molecular weight excluding hydrogens is 452 g/mol. The number of ether oxygens (including phenoxy) is 1. The number of carbonyl (C=O) groups is 3. The number of halogens is 1. The smallest absolute Gasteiger partial charge is 0.321 e. The summed E-state index contributed by atoms with van der Waals surface area (Å²) < 4.78 is 5.30. The summed E-state index contributed by atoms with van der Waals surface area (Å²) in [5.41, 5.74) is 0.658. The number of nitrogens with one attached hydrogen (secondary N) is 2. The van der Waals surface area contributed by atoms with Gasteiger partial charge in [-0.25, -0.2) is 4.79 Å². The fourth-order valence-electron chi connectivity index (χ4n) is 3.32. The summed E-state index contributed by atoms with van der Waals surface area (Å²) in [6, 6.07) is 12.5. The molecule has 0 aromatic heterocycles. The zero-order valence-corrected chi connectivity index (χ0v) is 18.6. The van der Waals surface area contributed by atoms with E-state index in [4.69, 9.17) is 16.3 Å². The number of nitro benzene ring substituents is 1. The second kappa shape index (κ2) is 10.8. The van der Waals surface area contributed by atoms with Gasteiger partial charge in [0.2, 0.25) is 0 Å². The van der Waals surface area contributed by atoms with Crippen LogP contribution in [0.2, 0.25) is 5.02 Å². The maximum Gasteiger partial charge on any atom is 0.321 e. The molecule has 1 unspecified atom stereocenters. The molecule has 1 heterocycles. The average Bonchev–Trinajstić information content (AvgIpc) is 2.80. The first kappa shape index (κ1) is 24.0. The van der Waals surface area contributed by atoms with Gasteiger partial charge in [0.1, 0.15) is 0 Å². The molecule has 1 aliphatic rings. The van der Waals surface area contributed by atoms with Crippen molar-refractivity contribution in [3.05, 3.63) is 63.7 Å². The number of para-hydroxylation sites is 1. The maximum absolute atomic E-state index is 12.5. The first-order valence-corrected chi connectivity index (χ1v) is 10.7. The van der Waals surface area contributed by atoms with Crippen LogP contribution in [-0.4, -0.2) is 46.9 Å². The number of carbonyl (C=O) groups excluding carboxylic acids is 3. The Bertz CT molecular complexity index is 1040. The second-order valence-electron chi connectivity index (χ2n) is 7.55. The van der Waals surface area contributed by atoms with Crippen molar-refractivity contribution in [3.8, 4) is 0 Å². The molecule has 1 fully saturated rings. The molecule has 0 spiro atoms. The highest BCUT2D eigenvalue weighted by Gasteiger charge is 2.30. The molecule has 2 aromatic rings. The van der Waals surface area contributed by atoms with Gasteiger partial charge in [0, 0.05) is 30.9 Å². The van der Waals surface area contributed by atoms with Crippen LogP contribution in [0.3, 0.4) is 0 Å². The van der Waals surface area contributed by atoms with E-state index in [0.717, 1.165) is 6.07 Å². The Morgan fingerprint density at radius 2 is 1.79 bits per heavy atom. The lowest BCUT2D eigenvalue weighted by Crippen LogP contribution is -2.43. The van der Waals surface area contributed by atoms with E-state index >= 15 is 0 Å². The van der Waals surface area contributed by atoms with Crippen LogP contribution in [0.25, 0.3) is 0 Å². The van der Waals surface area contributed by atoms with Crippen LogP contribution in [0, 0.1) is 16.0 Å². The summed E-state index contributed by atoms with van der Waals surface area (Å²) in [7, 11) is 0. The van der Waals surface area contributed by atoms with Gasteiger partial charge in [-0.05, 0) is 38.0 Å². The lowest BCUT2D eigenvalue weighted by Gasteiger charge is -2.31. The van der Waals surface area contributed by atoms with Crippen LogP contribution in [0.1, 0.15) is 19.8 Å². The minimum absolute atomic E-state index is 0.00257. The van der Waals surface area contributed by atoms with Crippen molar-refractivity contribution in [3.63, 3.8) is 0 Å². The van der Waals surface area contributed by atoms with Gasteiger partial charge in [-0.2, -0.15) is 0 Å². The van der Waals surface area contributed by atoms with Crippen molar-refractivity contribution in [1.29, 1.82) is 0 Å². The van der Waals surface area contributed by atoms with E-state index in [0.29, 0.717) is 31.6 Å². The first-order chi connectivity index (χ1) is 15.7. The third-order valence-electron chi connectivity index (χ3n) is 5.22. The summed E-state index contributed by atoms with van der Waals surface area (Å²) in [6.45, 7) is 2.20. The Morgan fingerprint density at radius 1 is 1.12 bits per heavy atom. The number of hydrogen-bond donors (Lipinski definition) is 2. The third kappa shape index (κ3) is 6.42. The monoisotopic (exact) mass is 474 g/mol. The van der Waals surface area contributed by atoms with Crippen LogP contribution < -0.4 is 10.6 Å². The Kier molecular flexibility index (Phi) is 7.83. The molecule has 0 aliphatic carbocycles. The number of amides is 3. The maximum atomic E-state index is 12.5. The van der Waals surface area contributed by atoms with E-state index in [2.05, 4.69) is 10.6 Å². The Morgan fingerprint density at radius 3 is 2.39 bits per heavy atom. The molecule has 0 saturated carbocycles. The number of nitro groups is 1. The van der Waals surface area contributed by atoms with E-state index in [1.165, 1.54) is 19.1 Å². The molecule has 3 rings (SSSR count). The van der Waals surface area contributed by atoms with Crippen molar-refractivity contribution in [2.24, 2.45) is 5.92 Å². The van der Waals surface area contributed by atoms with Crippen LogP contribution >= 0.6 is 11.6 Å². The van der Waals surface area contributed by atoms with Crippen LogP contribution in [-0.2, 0) is 14.3 Å². The summed E-state index contributed by atoms with van der Waals surface area (Å²) in [4.78, 5) is 49.1. The quantitative estimate of drug-likeness (QED) is 0.368. The van der Waals surface area contributed by atoms with E-state index < -0.39 is 28.8 Å². The Hall–Kier alpha value is -3.66. The lowest BCUT2D eigenvalue weighted by molar-refractivity contribution is -0.384. The predicted octanol–water partition coefficient (Wildman–Crippen LogP) is 4.06. The summed E-state index contributed by atoms with van der Waals surface area (Å²) in [6.07, 6.45) is -0.254. The zero-order valence-electron chi connectivity index (χ0n) is 17.8. The van der Waals surface area contributed by atoms with Crippen molar-refractivity contribution in [2.75, 3.05) is 23.7 Å². The number of esters is 1. The second-order valence-corrected chi connectivity index (χ2v) is 7.95. The molecule has 1 aliphatic heterocycles. The van der Waals surface area contributed by atoms with Crippen LogP contribution in [0.15, 0.2) is 48.5 Å². The molecule has 174 valence electrons. The van der Waals surface area contributed by atoms with Gasteiger partial charge < -0.3 is 20.3 Å². The molecule has 2 aromatic carbocycles. The number of rotatable bonds is 6. The predicted molar refractivity (Wildman–Crippen MR) is 122 cm³/mol.